The maximum Gasteiger partial charge on any atom is 0.228 e. The van der Waals surface area contributed by atoms with Crippen LogP contribution in [0.1, 0.15) is 50.6 Å². The van der Waals surface area contributed by atoms with Gasteiger partial charge in [0, 0.05) is 17.7 Å². The number of aromatic nitrogens is 2. The first-order valence-corrected chi connectivity index (χ1v) is 8.37. The predicted molar refractivity (Wildman–Crippen MR) is 83.1 cm³/mol. The summed E-state index contributed by atoms with van der Waals surface area (Å²) < 4.78 is 0. The molecule has 1 aromatic rings. The van der Waals surface area contributed by atoms with Crippen molar-refractivity contribution >= 4 is 11.7 Å². The normalized spacial score (nSPS) is 21.3. The fourth-order valence-electron chi connectivity index (χ4n) is 3.54. The highest BCUT2D eigenvalue weighted by Gasteiger charge is 2.22. The lowest BCUT2D eigenvalue weighted by molar-refractivity contribution is -0.120. The van der Waals surface area contributed by atoms with Crippen molar-refractivity contribution in [1.82, 2.24) is 15.5 Å². The van der Waals surface area contributed by atoms with Crippen LogP contribution in [0.3, 0.4) is 0 Å². The Bertz CT molecular complexity index is 459. The first-order valence-electron chi connectivity index (χ1n) is 8.37. The van der Waals surface area contributed by atoms with Crippen LogP contribution in [-0.2, 0) is 11.2 Å². The molecule has 1 amide bonds. The second-order valence-corrected chi connectivity index (χ2v) is 6.50. The van der Waals surface area contributed by atoms with Crippen molar-refractivity contribution in [3.63, 3.8) is 0 Å². The van der Waals surface area contributed by atoms with Gasteiger partial charge in [0.25, 0.3) is 0 Å². The van der Waals surface area contributed by atoms with Gasteiger partial charge in [-0.3, -0.25) is 9.89 Å². The molecule has 0 unspecified atom stereocenters. The molecule has 1 saturated heterocycles. The van der Waals surface area contributed by atoms with Crippen LogP contribution >= 0.6 is 0 Å². The van der Waals surface area contributed by atoms with E-state index in [0.29, 0.717) is 5.82 Å². The largest absolute Gasteiger partial charge is 0.317 e. The summed E-state index contributed by atoms with van der Waals surface area (Å²) in [6, 6.07) is 2.01. The third-order valence-electron chi connectivity index (χ3n) is 4.83. The third kappa shape index (κ3) is 4.06. The van der Waals surface area contributed by atoms with E-state index < -0.39 is 0 Å². The zero-order chi connectivity index (χ0) is 14.5. The summed E-state index contributed by atoms with van der Waals surface area (Å²) in [5.74, 6) is 1.72. The second-order valence-electron chi connectivity index (χ2n) is 6.50. The molecule has 1 aliphatic carbocycles. The van der Waals surface area contributed by atoms with Gasteiger partial charge >= 0.3 is 0 Å². The zero-order valence-corrected chi connectivity index (χ0v) is 12.7. The van der Waals surface area contributed by atoms with Gasteiger partial charge in [-0.05, 0) is 38.3 Å². The molecule has 0 atom stereocenters. The van der Waals surface area contributed by atoms with Crippen molar-refractivity contribution in [3.05, 3.63) is 11.8 Å². The number of amides is 1. The molecule has 2 aliphatic rings. The number of carbonyl (C=O) groups excluding carboxylic acids is 1. The molecule has 5 heteroatoms. The van der Waals surface area contributed by atoms with E-state index in [9.17, 15) is 4.79 Å². The summed E-state index contributed by atoms with van der Waals surface area (Å²) in [7, 11) is 0. The highest BCUT2D eigenvalue weighted by atomic mass is 16.2. The molecule has 5 nitrogen and oxygen atoms in total. The molecule has 0 radical (unpaired) electrons. The molecule has 1 saturated carbocycles. The molecule has 2 heterocycles. The van der Waals surface area contributed by atoms with Crippen LogP contribution < -0.4 is 10.6 Å². The number of nitrogens with one attached hydrogen (secondary N) is 3. The fourth-order valence-corrected chi connectivity index (χ4v) is 3.54. The van der Waals surface area contributed by atoms with Gasteiger partial charge in [-0.1, -0.05) is 32.1 Å². The Hall–Kier alpha value is -1.36. The Morgan fingerprint density at radius 3 is 2.71 bits per heavy atom. The third-order valence-corrected chi connectivity index (χ3v) is 4.83. The van der Waals surface area contributed by atoms with E-state index in [-0.39, 0.29) is 11.8 Å². The monoisotopic (exact) mass is 290 g/mol. The van der Waals surface area contributed by atoms with Crippen molar-refractivity contribution in [3.8, 4) is 0 Å². The fraction of sp³-hybridized carbons (Fsp3) is 0.750. The lowest BCUT2D eigenvalue weighted by Gasteiger charge is -2.21. The minimum atomic E-state index is 0.118. The van der Waals surface area contributed by atoms with Crippen molar-refractivity contribution in [2.45, 2.75) is 51.4 Å². The highest BCUT2D eigenvalue weighted by Crippen LogP contribution is 2.26. The molecule has 2 fully saturated rings. The van der Waals surface area contributed by atoms with E-state index in [0.717, 1.165) is 44.0 Å². The van der Waals surface area contributed by atoms with Crippen molar-refractivity contribution in [2.75, 3.05) is 18.4 Å². The standard InChI is InChI=1S/C16H26N4O/c21-16(13-6-8-17-9-7-13)18-15-11-14(19-20-15)10-12-4-2-1-3-5-12/h11-13,17H,1-10H2,(H2,18,19,20,21). The van der Waals surface area contributed by atoms with Gasteiger partial charge in [0.05, 0.1) is 0 Å². The van der Waals surface area contributed by atoms with Gasteiger partial charge in [0.1, 0.15) is 0 Å². The maximum atomic E-state index is 12.2. The summed E-state index contributed by atoms with van der Waals surface area (Å²) >= 11 is 0. The summed E-state index contributed by atoms with van der Waals surface area (Å²) in [4.78, 5) is 12.2. The maximum absolute atomic E-state index is 12.2. The number of rotatable bonds is 4. The van der Waals surface area contributed by atoms with Gasteiger partial charge in [-0.25, -0.2) is 0 Å². The number of piperidine rings is 1. The molecule has 3 N–H and O–H groups in total. The number of hydrogen-bond donors (Lipinski definition) is 3. The number of aromatic amines is 1. The Labute approximate surface area is 126 Å². The first kappa shape index (κ1) is 14.6. The minimum Gasteiger partial charge on any atom is -0.317 e. The number of H-pyrrole nitrogens is 1. The lowest BCUT2D eigenvalue weighted by Crippen LogP contribution is -2.34. The van der Waals surface area contributed by atoms with Crippen LogP contribution in [0.5, 0.6) is 0 Å². The Balaban J connectivity index is 1.50. The molecule has 3 rings (SSSR count). The van der Waals surface area contributed by atoms with Gasteiger partial charge in [-0.15, -0.1) is 0 Å². The molecule has 1 aliphatic heterocycles. The number of anilines is 1. The number of hydrogen-bond acceptors (Lipinski definition) is 3. The van der Waals surface area contributed by atoms with Crippen LogP contribution in [0, 0.1) is 11.8 Å². The first-order chi connectivity index (χ1) is 10.3. The molecule has 0 aromatic carbocycles. The van der Waals surface area contributed by atoms with E-state index >= 15 is 0 Å². The van der Waals surface area contributed by atoms with E-state index in [1.54, 1.807) is 0 Å². The van der Waals surface area contributed by atoms with E-state index in [1.165, 1.54) is 32.1 Å². The van der Waals surface area contributed by atoms with E-state index in [4.69, 9.17) is 0 Å². The SMILES string of the molecule is O=C(Nc1cc(CC2CCCCC2)[nH]n1)C1CCNCC1. The zero-order valence-electron chi connectivity index (χ0n) is 12.7. The topological polar surface area (TPSA) is 69.8 Å². The Morgan fingerprint density at radius 1 is 1.19 bits per heavy atom. The summed E-state index contributed by atoms with van der Waals surface area (Å²) in [5.41, 5.74) is 1.16. The predicted octanol–water partition coefficient (Wildman–Crippen LogP) is 2.47. The highest BCUT2D eigenvalue weighted by molar-refractivity contribution is 5.91. The van der Waals surface area contributed by atoms with Crippen molar-refractivity contribution in [2.24, 2.45) is 11.8 Å². The van der Waals surface area contributed by atoms with E-state index in [2.05, 4.69) is 20.8 Å². The lowest BCUT2D eigenvalue weighted by atomic mass is 9.86. The van der Waals surface area contributed by atoms with Crippen LogP contribution in [0.2, 0.25) is 0 Å². The molecule has 1 aromatic heterocycles. The van der Waals surface area contributed by atoms with Crippen molar-refractivity contribution < 1.29 is 4.79 Å². The molecule has 21 heavy (non-hydrogen) atoms. The minimum absolute atomic E-state index is 0.118. The van der Waals surface area contributed by atoms with Gasteiger partial charge in [-0.2, -0.15) is 5.10 Å². The second kappa shape index (κ2) is 7.07. The Kier molecular flexibility index (Phi) is 4.91. The molecule has 116 valence electrons. The van der Waals surface area contributed by atoms with Crippen LogP contribution in [0.15, 0.2) is 6.07 Å². The smallest absolute Gasteiger partial charge is 0.228 e. The quantitative estimate of drug-likeness (QED) is 0.798. The van der Waals surface area contributed by atoms with Crippen LogP contribution in [0.4, 0.5) is 5.82 Å². The number of carbonyl (C=O) groups is 1. The van der Waals surface area contributed by atoms with Crippen molar-refractivity contribution in [1.29, 1.82) is 0 Å². The molecule has 0 bridgehead atoms. The Morgan fingerprint density at radius 2 is 1.95 bits per heavy atom. The van der Waals surface area contributed by atoms with Gasteiger partial charge < -0.3 is 10.6 Å². The average Bonchev–Trinajstić information content (AvgIpc) is 2.96. The molecule has 0 spiro atoms. The van der Waals surface area contributed by atoms with Crippen LogP contribution in [0.25, 0.3) is 0 Å². The summed E-state index contributed by atoms with van der Waals surface area (Å²) in [6.07, 6.45) is 9.67. The molecular weight excluding hydrogens is 264 g/mol. The van der Waals surface area contributed by atoms with Gasteiger partial charge in [0.15, 0.2) is 5.82 Å². The summed E-state index contributed by atoms with van der Waals surface area (Å²) in [5, 5.41) is 13.6. The molecular formula is C16H26N4O. The van der Waals surface area contributed by atoms with Gasteiger partial charge in [0.2, 0.25) is 5.91 Å². The van der Waals surface area contributed by atoms with E-state index in [1.807, 2.05) is 6.07 Å². The average molecular weight is 290 g/mol. The number of nitrogens with zero attached hydrogens (tertiary/aromatic N) is 1. The summed E-state index contributed by atoms with van der Waals surface area (Å²) in [6.45, 7) is 1.87. The van der Waals surface area contributed by atoms with Crippen LogP contribution in [-0.4, -0.2) is 29.2 Å².